The lowest BCUT2D eigenvalue weighted by atomic mass is 10.4. The fraction of sp³-hybridized carbons (Fsp3) is 1.00. The number of alkyl halides is 6. The first-order chi connectivity index (χ1) is 9.81. The first-order valence-corrected chi connectivity index (χ1v) is 7.59. The van der Waals surface area contributed by atoms with Gasteiger partial charge in [-0.3, -0.25) is 9.05 Å². The smallest absolute Gasteiger partial charge is 0.383 e. The van der Waals surface area contributed by atoms with E-state index in [1.807, 2.05) is 0 Å². The van der Waals surface area contributed by atoms with Gasteiger partial charge in [-0.2, -0.15) is 26.3 Å². The predicted octanol–water partition coefficient (Wildman–Crippen LogP) is 3.61. The number of ether oxygens (including phenoxy) is 1. The highest BCUT2D eigenvalue weighted by molar-refractivity contribution is 7.51. The Morgan fingerprint density at radius 3 is 1.68 bits per heavy atom. The molecule has 0 saturated heterocycles. The summed E-state index contributed by atoms with van der Waals surface area (Å²) in [5.74, 6) is 0. The van der Waals surface area contributed by atoms with Gasteiger partial charge in [-0.25, -0.2) is 9.24 Å². The molecule has 0 radical (unpaired) electrons. The molecule has 0 aromatic carbocycles. The third-order valence-electron chi connectivity index (χ3n) is 2.22. The number of methoxy groups -OCH3 is 1. The van der Waals surface area contributed by atoms with E-state index in [4.69, 9.17) is 4.74 Å². The van der Waals surface area contributed by atoms with Crippen molar-refractivity contribution in [2.75, 3.05) is 33.5 Å². The Hall–Kier alpha value is -0.350. The van der Waals surface area contributed by atoms with Crippen LogP contribution in [0.1, 0.15) is 13.8 Å². The van der Waals surface area contributed by atoms with E-state index in [0.29, 0.717) is 0 Å². The standard InChI is InChI=1S/C10H18F6NO4P/c1-8(2)17(4-5-19-3)22(18,20-6-9(11,12)13)21-7-10(14,15)16/h8H,4-7H2,1-3H3. The van der Waals surface area contributed by atoms with Crippen LogP contribution in [0.4, 0.5) is 26.3 Å². The van der Waals surface area contributed by atoms with Crippen molar-refractivity contribution >= 4 is 7.75 Å². The Morgan fingerprint density at radius 2 is 1.41 bits per heavy atom. The molecule has 0 aromatic rings. The Balaban J connectivity index is 5.20. The molecule has 0 aliphatic carbocycles. The van der Waals surface area contributed by atoms with Crippen molar-refractivity contribution in [3.05, 3.63) is 0 Å². The maximum Gasteiger partial charge on any atom is 0.412 e. The van der Waals surface area contributed by atoms with Crippen LogP contribution in [-0.4, -0.2) is 56.5 Å². The average molecular weight is 361 g/mol. The largest absolute Gasteiger partial charge is 0.412 e. The van der Waals surface area contributed by atoms with Gasteiger partial charge in [0.2, 0.25) is 0 Å². The van der Waals surface area contributed by atoms with Gasteiger partial charge in [0.25, 0.3) is 0 Å². The zero-order valence-electron chi connectivity index (χ0n) is 12.2. The van der Waals surface area contributed by atoms with Gasteiger partial charge in [0, 0.05) is 19.7 Å². The summed E-state index contributed by atoms with van der Waals surface area (Å²) in [5.41, 5.74) is 0. The van der Waals surface area contributed by atoms with Crippen molar-refractivity contribution in [1.29, 1.82) is 0 Å². The van der Waals surface area contributed by atoms with Crippen LogP contribution in [0.15, 0.2) is 0 Å². The lowest BCUT2D eigenvalue weighted by Gasteiger charge is -2.33. The van der Waals surface area contributed by atoms with Gasteiger partial charge in [-0.05, 0) is 13.8 Å². The minimum atomic E-state index is -4.86. The van der Waals surface area contributed by atoms with E-state index in [2.05, 4.69) is 9.05 Å². The molecule has 0 rings (SSSR count). The van der Waals surface area contributed by atoms with Crippen LogP contribution in [0.5, 0.6) is 0 Å². The third-order valence-corrected chi connectivity index (χ3v) is 4.42. The van der Waals surface area contributed by atoms with Crippen LogP contribution in [0, 0.1) is 0 Å². The first kappa shape index (κ1) is 21.6. The predicted molar refractivity (Wildman–Crippen MR) is 65.3 cm³/mol. The monoisotopic (exact) mass is 361 g/mol. The Morgan fingerprint density at radius 1 is 1.00 bits per heavy atom. The maximum absolute atomic E-state index is 12.4. The van der Waals surface area contributed by atoms with Crippen LogP contribution in [0.25, 0.3) is 0 Å². The second-order valence-electron chi connectivity index (χ2n) is 4.50. The molecule has 0 N–H and O–H groups in total. The summed E-state index contributed by atoms with van der Waals surface area (Å²) in [4.78, 5) is 0. The SMILES string of the molecule is COCCN(C(C)C)P(=O)(OCC(F)(F)F)OCC(F)(F)F. The molecule has 134 valence electrons. The van der Waals surface area contributed by atoms with Crippen molar-refractivity contribution < 1.29 is 44.7 Å². The van der Waals surface area contributed by atoms with E-state index in [0.717, 1.165) is 4.67 Å². The molecule has 0 unspecified atom stereocenters. The van der Waals surface area contributed by atoms with Crippen molar-refractivity contribution in [1.82, 2.24) is 4.67 Å². The molecule has 12 heteroatoms. The molecular formula is C10H18F6NO4P. The Bertz CT molecular complexity index is 351. The van der Waals surface area contributed by atoms with E-state index in [1.54, 1.807) is 0 Å². The topological polar surface area (TPSA) is 48.0 Å². The summed E-state index contributed by atoms with van der Waals surface area (Å²) in [6, 6.07) is -0.692. The molecule has 0 saturated carbocycles. The van der Waals surface area contributed by atoms with E-state index >= 15 is 0 Å². The normalized spacial score (nSPS) is 14.1. The van der Waals surface area contributed by atoms with Gasteiger partial charge in [0.15, 0.2) is 13.2 Å². The molecule has 0 heterocycles. The van der Waals surface area contributed by atoms with Crippen molar-refractivity contribution in [3.63, 3.8) is 0 Å². The zero-order chi connectivity index (χ0) is 17.6. The lowest BCUT2D eigenvalue weighted by molar-refractivity contribution is -0.168. The van der Waals surface area contributed by atoms with Crippen molar-refractivity contribution in [3.8, 4) is 0 Å². The fourth-order valence-corrected chi connectivity index (χ4v) is 3.23. The summed E-state index contributed by atoms with van der Waals surface area (Å²) in [7, 11) is -3.52. The van der Waals surface area contributed by atoms with Crippen LogP contribution >= 0.6 is 7.75 Å². The second kappa shape index (κ2) is 8.49. The van der Waals surface area contributed by atoms with Crippen LogP contribution in [0.2, 0.25) is 0 Å². The summed E-state index contributed by atoms with van der Waals surface area (Å²) in [5, 5.41) is 0. The van der Waals surface area contributed by atoms with Gasteiger partial charge in [0.05, 0.1) is 6.61 Å². The van der Waals surface area contributed by atoms with E-state index in [-0.39, 0.29) is 13.2 Å². The van der Waals surface area contributed by atoms with Gasteiger partial charge >= 0.3 is 20.1 Å². The molecule has 22 heavy (non-hydrogen) atoms. The fourth-order valence-electron chi connectivity index (χ4n) is 1.34. The van der Waals surface area contributed by atoms with Crippen LogP contribution < -0.4 is 0 Å². The molecular weight excluding hydrogens is 343 g/mol. The summed E-state index contributed by atoms with van der Waals surface area (Å²) < 4.78 is 99.5. The van der Waals surface area contributed by atoms with Gasteiger partial charge in [-0.1, -0.05) is 0 Å². The van der Waals surface area contributed by atoms with E-state index in [1.165, 1.54) is 21.0 Å². The summed E-state index contributed by atoms with van der Waals surface area (Å²) in [6.45, 7) is -1.42. The van der Waals surface area contributed by atoms with E-state index < -0.39 is 39.4 Å². The minimum Gasteiger partial charge on any atom is -0.383 e. The molecule has 0 amide bonds. The van der Waals surface area contributed by atoms with Gasteiger partial charge < -0.3 is 4.74 Å². The van der Waals surface area contributed by atoms with Gasteiger partial charge in [0.1, 0.15) is 0 Å². The molecule has 5 nitrogen and oxygen atoms in total. The van der Waals surface area contributed by atoms with E-state index in [9.17, 15) is 30.9 Å². The third kappa shape index (κ3) is 8.94. The highest BCUT2D eigenvalue weighted by Crippen LogP contribution is 2.54. The highest BCUT2D eigenvalue weighted by Gasteiger charge is 2.43. The minimum absolute atomic E-state index is 0.0765. The van der Waals surface area contributed by atoms with Crippen molar-refractivity contribution in [2.45, 2.75) is 32.2 Å². The number of hydrogen-bond acceptors (Lipinski definition) is 4. The maximum atomic E-state index is 12.4. The lowest BCUT2D eigenvalue weighted by Crippen LogP contribution is -2.35. The Kier molecular flexibility index (Phi) is 8.35. The molecule has 0 fully saturated rings. The van der Waals surface area contributed by atoms with Crippen LogP contribution in [0.3, 0.4) is 0 Å². The highest BCUT2D eigenvalue weighted by atomic mass is 31.2. The average Bonchev–Trinajstić information content (AvgIpc) is 2.33. The molecule has 0 aromatic heterocycles. The van der Waals surface area contributed by atoms with Gasteiger partial charge in [-0.15, -0.1) is 0 Å². The molecule has 0 spiro atoms. The number of rotatable bonds is 9. The van der Waals surface area contributed by atoms with Crippen LogP contribution in [-0.2, 0) is 18.3 Å². The number of hydrogen-bond donors (Lipinski definition) is 0. The quantitative estimate of drug-likeness (QED) is 0.464. The molecule has 0 bridgehead atoms. The number of halogens is 6. The number of nitrogens with zero attached hydrogens (tertiary/aromatic N) is 1. The second-order valence-corrected chi connectivity index (χ2v) is 6.46. The molecule has 0 aliphatic heterocycles. The molecule has 0 aliphatic rings. The summed E-state index contributed by atoms with van der Waals surface area (Å²) in [6.07, 6.45) is -9.72. The zero-order valence-corrected chi connectivity index (χ0v) is 13.1. The first-order valence-electron chi connectivity index (χ1n) is 6.09. The summed E-state index contributed by atoms with van der Waals surface area (Å²) >= 11 is 0. The van der Waals surface area contributed by atoms with Crippen molar-refractivity contribution in [2.24, 2.45) is 0 Å². The molecule has 0 atom stereocenters. The Labute approximate surface area is 124 Å².